The first kappa shape index (κ1) is 14.1. The number of carbonyl (C=O) groups excluding carboxylic acids is 1. The topological polar surface area (TPSA) is 40.5 Å². The van der Waals surface area contributed by atoms with Gasteiger partial charge in [-0.3, -0.25) is 4.79 Å². The van der Waals surface area contributed by atoms with E-state index >= 15 is 0 Å². The number of phenolic OH excluding ortho intramolecular Hbond substituents is 1. The Morgan fingerprint density at radius 1 is 1.47 bits per heavy atom. The number of amides is 1. The van der Waals surface area contributed by atoms with Gasteiger partial charge >= 0.3 is 0 Å². The molecule has 0 heterocycles. The molecule has 0 atom stereocenters. The monoisotopic (exact) mass is 285 g/mol. The number of rotatable bonds is 5. The van der Waals surface area contributed by atoms with Crippen molar-refractivity contribution in [3.63, 3.8) is 0 Å². The van der Waals surface area contributed by atoms with Crippen LogP contribution in [0, 0.1) is 5.82 Å². The van der Waals surface area contributed by atoms with Crippen LogP contribution in [-0.2, 0) is 0 Å². The largest absolute Gasteiger partial charge is 0.508 e. The Morgan fingerprint density at radius 2 is 2.21 bits per heavy atom. The van der Waals surface area contributed by atoms with Crippen molar-refractivity contribution in [2.45, 2.75) is 31.7 Å². The van der Waals surface area contributed by atoms with Crippen LogP contribution in [0.4, 0.5) is 4.39 Å². The van der Waals surface area contributed by atoms with Gasteiger partial charge in [-0.05, 0) is 37.8 Å². The molecule has 2 rings (SSSR count). The fourth-order valence-electron chi connectivity index (χ4n) is 2.21. The van der Waals surface area contributed by atoms with Crippen LogP contribution < -0.4 is 0 Å². The molecule has 0 radical (unpaired) electrons. The van der Waals surface area contributed by atoms with Gasteiger partial charge in [-0.15, -0.1) is 11.6 Å². The van der Waals surface area contributed by atoms with Crippen LogP contribution in [-0.4, -0.2) is 34.4 Å². The number of benzene rings is 1. The van der Waals surface area contributed by atoms with Crippen LogP contribution in [0.15, 0.2) is 18.2 Å². The van der Waals surface area contributed by atoms with E-state index in [2.05, 4.69) is 0 Å². The van der Waals surface area contributed by atoms with E-state index in [0.717, 1.165) is 25.3 Å². The van der Waals surface area contributed by atoms with E-state index in [1.165, 1.54) is 12.1 Å². The Bertz CT molecular complexity index is 463. The minimum Gasteiger partial charge on any atom is -0.508 e. The summed E-state index contributed by atoms with van der Waals surface area (Å²) in [5.41, 5.74) is 0.0132. The molecule has 0 aliphatic heterocycles. The minimum atomic E-state index is -0.680. The van der Waals surface area contributed by atoms with Gasteiger partial charge in [0.1, 0.15) is 11.6 Å². The first-order valence-corrected chi connectivity index (χ1v) is 7.02. The molecule has 0 saturated heterocycles. The zero-order chi connectivity index (χ0) is 13.8. The second kappa shape index (κ2) is 6.24. The second-order valence-corrected chi connectivity index (χ2v) is 5.17. The van der Waals surface area contributed by atoms with Crippen LogP contribution in [0.2, 0.25) is 0 Å². The summed E-state index contributed by atoms with van der Waals surface area (Å²) in [6.07, 6.45) is 3.73. The first-order valence-electron chi connectivity index (χ1n) is 6.49. The summed E-state index contributed by atoms with van der Waals surface area (Å²) < 4.78 is 13.7. The van der Waals surface area contributed by atoms with Crippen molar-refractivity contribution in [3.8, 4) is 5.75 Å². The lowest BCUT2D eigenvalue weighted by Gasteiger charge is -2.37. The van der Waals surface area contributed by atoms with E-state index in [4.69, 9.17) is 11.6 Å². The normalized spacial score (nSPS) is 15.1. The Labute approximate surface area is 117 Å². The van der Waals surface area contributed by atoms with Crippen LogP contribution in [0.5, 0.6) is 5.75 Å². The smallest absolute Gasteiger partial charge is 0.257 e. The lowest BCUT2D eigenvalue weighted by Crippen LogP contribution is -2.45. The summed E-state index contributed by atoms with van der Waals surface area (Å²) in [5.74, 6) is -0.688. The molecule has 1 saturated carbocycles. The second-order valence-electron chi connectivity index (χ2n) is 4.79. The highest BCUT2D eigenvalue weighted by atomic mass is 35.5. The molecule has 0 unspecified atom stereocenters. The third-order valence-electron chi connectivity index (χ3n) is 3.49. The van der Waals surface area contributed by atoms with Crippen molar-refractivity contribution in [2.75, 3.05) is 12.4 Å². The van der Waals surface area contributed by atoms with Gasteiger partial charge in [-0.25, -0.2) is 4.39 Å². The average molecular weight is 286 g/mol. The lowest BCUT2D eigenvalue weighted by atomic mass is 9.90. The molecule has 104 valence electrons. The van der Waals surface area contributed by atoms with E-state index in [1.54, 1.807) is 4.90 Å². The van der Waals surface area contributed by atoms with Gasteiger partial charge in [0.05, 0.1) is 5.56 Å². The van der Waals surface area contributed by atoms with Gasteiger partial charge in [0, 0.05) is 24.5 Å². The maximum atomic E-state index is 13.7. The molecule has 1 fully saturated rings. The molecule has 0 aromatic heterocycles. The Hall–Kier alpha value is -1.29. The molecule has 1 aromatic rings. The van der Waals surface area contributed by atoms with Gasteiger partial charge in [-0.1, -0.05) is 0 Å². The van der Waals surface area contributed by atoms with Gasteiger partial charge < -0.3 is 10.0 Å². The summed E-state index contributed by atoms with van der Waals surface area (Å²) in [6, 6.07) is 3.83. The van der Waals surface area contributed by atoms with E-state index in [0.29, 0.717) is 18.8 Å². The standard InChI is InChI=1S/C14H17ClFNO2/c15-7-2-8-17(10-3-1-4-10)14(19)12-6-5-11(18)9-13(12)16/h5-6,9-10,18H,1-4,7-8H2. The van der Waals surface area contributed by atoms with Crippen molar-refractivity contribution < 1.29 is 14.3 Å². The number of aromatic hydroxyl groups is 1. The molecule has 3 nitrogen and oxygen atoms in total. The highest BCUT2D eigenvalue weighted by Gasteiger charge is 2.30. The summed E-state index contributed by atoms with van der Waals surface area (Å²) >= 11 is 5.67. The van der Waals surface area contributed by atoms with Crippen molar-refractivity contribution in [3.05, 3.63) is 29.6 Å². The maximum absolute atomic E-state index is 13.7. The number of hydrogen-bond donors (Lipinski definition) is 1. The number of halogens is 2. The molecule has 1 aliphatic rings. The van der Waals surface area contributed by atoms with E-state index < -0.39 is 5.82 Å². The predicted molar refractivity (Wildman–Crippen MR) is 72.1 cm³/mol. The molecule has 1 N–H and O–H groups in total. The minimum absolute atomic E-state index is 0.0132. The van der Waals surface area contributed by atoms with Gasteiger partial charge in [-0.2, -0.15) is 0 Å². The maximum Gasteiger partial charge on any atom is 0.257 e. The van der Waals surface area contributed by atoms with Gasteiger partial charge in [0.25, 0.3) is 5.91 Å². The summed E-state index contributed by atoms with van der Waals surface area (Å²) in [5, 5.41) is 9.18. The highest BCUT2D eigenvalue weighted by Crippen LogP contribution is 2.27. The van der Waals surface area contributed by atoms with Crippen LogP contribution >= 0.6 is 11.6 Å². The predicted octanol–water partition coefficient (Wildman–Crippen LogP) is 3.15. The molecule has 0 bridgehead atoms. The molecule has 1 aliphatic carbocycles. The van der Waals surface area contributed by atoms with Gasteiger partial charge in [0.15, 0.2) is 0 Å². The van der Waals surface area contributed by atoms with E-state index in [1.807, 2.05) is 0 Å². The SMILES string of the molecule is O=C(c1ccc(O)cc1F)N(CCCCl)C1CCC1. The number of alkyl halides is 1. The van der Waals surface area contributed by atoms with Crippen LogP contribution in [0.3, 0.4) is 0 Å². The molecule has 0 spiro atoms. The third kappa shape index (κ3) is 3.18. The highest BCUT2D eigenvalue weighted by molar-refractivity contribution is 6.17. The molecule has 19 heavy (non-hydrogen) atoms. The number of nitrogens with zero attached hydrogens (tertiary/aromatic N) is 1. The molecule has 1 aromatic carbocycles. The molecular weight excluding hydrogens is 269 g/mol. The Balaban J connectivity index is 2.17. The molecular formula is C14H17ClFNO2. The number of carbonyl (C=O) groups is 1. The number of hydrogen-bond acceptors (Lipinski definition) is 2. The van der Waals surface area contributed by atoms with Crippen molar-refractivity contribution in [1.29, 1.82) is 0 Å². The molecule has 1 amide bonds. The van der Waals surface area contributed by atoms with Crippen LogP contribution in [0.1, 0.15) is 36.0 Å². The van der Waals surface area contributed by atoms with Gasteiger partial charge in [0.2, 0.25) is 0 Å². The summed E-state index contributed by atoms with van der Waals surface area (Å²) in [6.45, 7) is 0.549. The van der Waals surface area contributed by atoms with Crippen molar-refractivity contribution in [1.82, 2.24) is 4.90 Å². The lowest BCUT2D eigenvalue weighted by molar-refractivity contribution is 0.0576. The van der Waals surface area contributed by atoms with Crippen molar-refractivity contribution >= 4 is 17.5 Å². The first-order chi connectivity index (χ1) is 9.13. The fourth-order valence-corrected chi connectivity index (χ4v) is 2.33. The average Bonchev–Trinajstić information content (AvgIpc) is 2.31. The fraction of sp³-hybridized carbons (Fsp3) is 0.500. The Morgan fingerprint density at radius 3 is 2.74 bits per heavy atom. The summed E-state index contributed by atoms with van der Waals surface area (Å²) in [7, 11) is 0. The van der Waals surface area contributed by atoms with E-state index in [-0.39, 0.29) is 23.3 Å². The van der Waals surface area contributed by atoms with Crippen molar-refractivity contribution in [2.24, 2.45) is 0 Å². The summed E-state index contributed by atoms with van der Waals surface area (Å²) in [4.78, 5) is 14.1. The van der Waals surface area contributed by atoms with E-state index in [9.17, 15) is 14.3 Å². The number of phenols is 1. The third-order valence-corrected chi connectivity index (χ3v) is 3.76. The zero-order valence-electron chi connectivity index (χ0n) is 10.6. The quantitative estimate of drug-likeness (QED) is 0.844. The zero-order valence-corrected chi connectivity index (χ0v) is 11.4. The van der Waals surface area contributed by atoms with Crippen LogP contribution in [0.25, 0.3) is 0 Å². The Kier molecular flexibility index (Phi) is 4.64. The molecule has 5 heteroatoms.